The average molecular weight is 302 g/mol. The molecule has 3 nitrogen and oxygen atoms in total. The summed E-state index contributed by atoms with van der Waals surface area (Å²) in [6, 6.07) is 0. The van der Waals surface area contributed by atoms with E-state index in [1.54, 1.807) is 0 Å². The van der Waals surface area contributed by atoms with Gasteiger partial charge in [-0.05, 0) is 25.7 Å². The van der Waals surface area contributed by atoms with Gasteiger partial charge in [0.05, 0.1) is 11.3 Å². The highest BCUT2D eigenvalue weighted by molar-refractivity contribution is 9.09. The van der Waals surface area contributed by atoms with Crippen LogP contribution in [0.1, 0.15) is 51.4 Å². The number of alkyl halides is 1. The van der Waals surface area contributed by atoms with Crippen LogP contribution in [0.5, 0.6) is 0 Å². The van der Waals surface area contributed by atoms with Crippen molar-refractivity contribution in [2.45, 2.75) is 51.4 Å². The summed E-state index contributed by atoms with van der Waals surface area (Å²) in [5.41, 5.74) is -0.346. The standard InChI is InChI=1S/C13H20BrNO2/c14-9-5-2-6-10-11(16)15-12(17)13(10)7-3-1-4-8-13/h10H,1-9H2,(H,15,16,17). The highest BCUT2D eigenvalue weighted by atomic mass is 79.9. The zero-order valence-corrected chi connectivity index (χ0v) is 11.7. The molecule has 0 aromatic heterocycles. The Labute approximate surface area is 111 Å². The Morgan fingerprint density at radius 2 is 1.88 bits per heavy atom. The molecule has 0 radical (unpaired) electrons. The van der Waals surface area contributed by atoms with Crippen LogP contribution in [0.4, 0.5) is 0 Å². The molecule has 1 aliphatic carbocycles. The molecule has 96 valence electrons. The number of carbonyl (C=O) groups excluding carboxylic acids is 2. The lowest BCUT2D eigenvalue weighted by Crippen LogP contribution is -2.37. The van der Waals surface area contributed by atoms with Gasteiger partial charge in [-0.1, -0.05) is 41.6 Å². The molecule has 1 saturated carbocycles. The van der Waals surface area contributed by atoms with Crippen molar-refractivity contribution < 1.29 is 9.59 Å². The maximum atomic E-state index is 12.1. The molecule has 1 unspecified atom stereocenters. The molecular formula is C13H20BrNO2. The second kappa shape index (κ2) is 5.51. The van der Waals surface area contributed by atoms with Crippen molar-refractivity contribution in [2.24, 2.45) is 11.3 Å². The summed E-state index contributed by atoms with van der Waals surface area (Å²) in [5.74, 6) is -0.0770. The SMILES string of the molecule is O=C1NC(=O)C2(CCCCC2)C1CCCCBr. The predicted octanol–water partition coefficient (Wildman–Crippen LogP) is 2.77. The lowest BCUT2D eigenvalue weighted by molar-refractivity contribution is -0.131. The van der Waals surface area contributed by atoms with Crippen molar-refractivity contribution in [2.75, 3.05) is 5.33 Å². The first-order chi connectivity index (χ1) is 8.20. The molecule has 2 rings (SSSR count). The first kappa shape index (κ1) is 13.1. The van der Waals surface area contributed by atoms with Gasteiger partial charge in [0.15, 0.2) is 0 Å². The highest BCUT2D eigenvalue weighted by Crippen LogP contribution is 2.47. The molecule has 2 amide bonds. The number of carbonyl (C=O) groups is 2. The monoisotopic (exact) mass is 301 g/mol. The molecule has 1 saturated heterocycles. The van der Waals surface area contributed by atoms with Gasteiger partial charge in [0.25, 0.3) is 0 Å². The third kappa shape index (κ3) is 2.42. The number of hydrogen-bond acceptors (Lipinski definition) is 2. The van der Waals surface area contributed by atoms with Crippen molar-refractivity contribution in [1.82, 2.24) is 5.32 Å². The summed E-state index contributed by atoms with van der Waals surface area (Å²) in [6.07, 6.45) is 8.17. The summed E-state index contributed by atoms with van der Waals surface area (Å²) in [5, 5.41) is 3.54. The van der Waals surface area contributed by atoms with Gasteiger partial charge in [-0.25, -0.2) is 0 Å². The predicted molar refractivity (Wildman–Crippen MR) is 69.8 cm³/mol. The van der Waals surface area contributed by atoms with Gasteiger partial charge < -0.3 is 0 Å². The Kier molecular flexibility index (Phi) is 4.23. The first-order valence-electron chi connectivity index (χ1n) is 6.62. The molecule has 0 bridgehead atoms. The van der Waals surface area contributed by atoms with E-state index in [4.69, 9.17) is 0 Å². The van der Waals surface area contributed by atoms with Crippen molar-refractivity contribution in [1.29, 1.82) is 0 Å². The number of amides is 2. The Morgan fingerprint density at radius 3 is 2.53 bits per heavy atom. The van der Waals surface area contributed by atoms with Crippen LogP contribution in [-0.2, 0) is 9.59 Å². The highest BCUT2D eigenvalue weighted by Gasteiger charge is 2.54. The van der Waals surface area contributed by atoms with Gasteiger partial charge in [-0.3, -0.25) is 14.9 Å². The van der Waals surface area contributed by atoms with Gasteiger partial charge in [0.1, 0.15) is 0 Å². The topological polar surface area (TPSA) is 46.2 Å². The van der Waals surface area contributed by atoms with Gasteiger partial charge in [0.2, 0.25) is 11.8 Å². The van der Waals surface area contributed by atoms with Crippen LogP contribution < -0.4 is 5.32 Å². The molecule has 1 atom stereocenters. The van der Waals surface area contributed by atoms with Crippen molar-refractivity contribution in [3.05, 3.63) is 0 Å². The van der Waals surface area contributed by atoms with Crippen LogP contribution in [0.2, 0.25) is 0 Å². The Balaban J connectivity index is 2.08. The van der Waals surface area contributed by atoms with E-state index in [1.807, 2.05) is 0 Å². The lowest BCUT2D eigenvalue weighted by Gasteiger charge is -2.34. The Bertz CT molecular complexity index is 311. The fourth-order valence-electron chi connectivity index (χ4n) is 3.34. The molecule has 17 heavy (non-hydrogen) atoms. The number of nitrogens with one attached hydrogen (secondary N) is 1. The Morgan fingerprint density at radius 1 is 1.18 bits per heavy atom. The third-order valence-corrected chi connectivity index (χ3v) is 4.86. The maximum Gasteiger partial charge on any atom is 0.233 e. The molecule has 0 aromatic rings. The van der Waals surface area contributed by atoms with Crippen molar-refractivity contribution >= 4 is 27.7 Å². The molecule has 2 fully saturated rings. The van der Waals surface area contributed by atoms with E-state index in [0.717, 1.165) is 50.3 Å². The zero-order chi connectivity index (χ0) is 12.3. The van der Waals surface area contributed by atoms with Crippen LogP contribution >= 0.6 is 15.9 Å². The smallest absolute Gasteiger partial charge is 0.233 e. The summed E-state index contributed by atoms with van der Waals surface area (Å²) >= 11 is 3.41. The lowest BCUT2D eigenvalue weighted by atomic mass is 9.66. The van der Waals surface area contributed by atoms with Gasteiger partial charge in [-0.2, -0.15) is 0 Å². The van der Waals surface area contributed by atoms with Crippen LogP contribution in [-0.4, -0.2) is 17.1 Å². The van der Waals surface area contributed by atoms with Crippen LogP contribution in [0.25, 0.3) is 0 Å². The van der Waals surface area contributed by atoms with E-state index in [9.17, 15) is 9.59 Å². The van der Waals surface area contributed by atoms with Gasteiger partial charge in [0, 0.05) is 5.33 Å². The number of halogens is 1. The molecule has 0 aromatic carbocycles. The number of unbranched alkanes of at least 4 members (excludes halogenated alkanes) is 1. The van der Waals surface area contributed by atoms with E-state index >= 15 is 0 Å². The molecule has 4 heteroatoms. The molecule has 1 N–H and O–H groups in total. The number of imide groups is 1. The normalized spacial score (nSPS) is 27.5. The first-order valence-corrected chi connectivity index (χ1v) is 7.74. The van der Waals surface area contributed by atoms with Crippen LogP contribution in [0.3, 0.4) is 0 Å². The maximum absolute atomic E-state index is 12.1. The van der Waals surface area contributed by atoms with E-state index in [0.29, 0.717) is 0 Å². The number of rotatable bonds is 4. The summed E-state index contributed by atoms with van der Waals surface area (Å²) < 4.78 is 0. The minimum Gasteiger partial charge on any atom is -0.296 e. The fraction of sp³-hybridized carbons (Fsp3) is 0.846. The summed E-state index contributed by atoms with van der Waals surface area (Å²) in [4.78, 5) is 24.0. The summed E-state index contributed by atoms with van der Waals surface area (Å²) in [6.45, 7) is 0. The molecular weight excluding hydrogens is 282 g/mol. The fourth-order valence-corrected chi connectivity index (χ4v) is 3.74. The van der Waals surface area contributed by atoms with E-state index in [1.165, 1.54) is 6.42 Å². The third-order valence-electron chi connectivity index (χ3n) is 4.29. The second-order valence-corrected chi connectivity index (χ2v) is 6.07. The van der Waals surface area contributed by atoms with E-state index < -0.39 is 0 Å². The average Bonchev–Trinajstić information content (AvgIpc) is 2.55. The van der Waals surface area contributed by atoms with E-state index in [-0.39, 0.29) is 23.1 Å². The molecule has 1 heterocycles. The number of hydrogen-bond donors (Lipinski definition) is 1. The van der Waals surface area contributed by atoms with Crippen LogP contribution in [0, 0.1) is 11.3 Å². The molecule has 1 aliphatic heterocycles. The van der Waals surface area contributed by atoms with Gasteiger partial charge >= 0.3 is 0 Å². The molecule has 1 spiro atoms. The Hall–Kier alpha value is -0.380. The van der Waals surface area contributed by atoms with Gasteiger partial charge in [-0.15, -0.1) is 0 Å². The van der Waals surface area contributed by atoms with Crippen molar-refractivity contribution in [3.8, 4) is 0 Å². The van der Waals surface area contributed by atoms with Crippen molar-refractivity contribution in [3.63, 3.8) is 0 Å². The van der Waals surface area contributed by atoms with E-state index in [2.05, 4.69) is 21.2 Å². The zero-order valence-electron chi connectivity index (χ0n) is 10.1. The minimum absolute atomic E-state index is 0.00559. The minimum atomic E-state index is -0.346. The largest absolute Gasteiger partial charge is 0.296 e. The second-order valence-electron chi connectivity index (χ2n) is 5.27. The van der Waals surface area contributed by atoms with Crippen LogP contribution in [0.15, 0.2) is 0 Å². The summed E-state index contributed by atoms with van der Waals surface area (Å²) in [7, 11) is 0. The molecule has 2 aliphatic rings. The quantitative estimate of drug-likeness (QED) is 0.493.